The lowest BCUT2D eigenvalue weighted by Gasteiger charge is -2.28. The van der Waals surface area contributed by atoms with E-state index >= 15 is 0 Å². The fourth-order valence-electron chi connectivity index (χ4n) is 8.38. The normalized spacial score (nSPS) is 35.2. The minimum absolute atomic E-state index is 0.0175. The zero-order valence-electron chi connectivity index (χ0n) is 40.6. The maximum absolute atomic E-state index is 11.7. The Bertz CT molecular complexity index is 2730. The molecule has 0 saturated carbocycles. The van der Waals surface area contributed by atoms with E-state index in [-0.39, 0.29) is 22.9 Å². The number of nitrogens with zero attached hydrogens (tertiary/aromatic N) is 5. The molecule has 14 N–H and O–H groups in total. The van der Waals surface area contributed by atoms with Crippen LogP contribution in [-0.4, -0.2) is 192 Å². The second-order valence-corrected chi connectivity index (χ2v) is 18.6. The van der Waals surface area contributed by atoms with E-state index in [9.17, 15) is 69.6 Å². The fourth-order valence-corrected chi connectivity index (χ4v) is 8.64. The van der Waals surface area contributed by atoms with Gasteiger partial charge in [0, 0.05) is 49.1 Å². The van der Waals surface area contributed by atoms with Crippen molar-refractivity contribution >= 4 is 12.2 Å². The van der Waals surface area contributed by atoms with E-state index in [0.717, 1.165) is 27.5 Å². The predicted octanol–water partition coefficient (Wildman–Crippen LogP) is -5.95. The zero-order valence-corrected chi connectivity index (χ0v) is 41.5. The Labute approximate surface area is 422 Å². The van der Waals surface area contributed by atoms with E-state index in [2.05, 4.69) is 15.0 Å². The summed E-state index contributed by atoms with van der Waals surface area (Å²) in [4.78, 5) is 77.7. The highest BCUT2D eigenvalue weighted by Crippen LogP contribution is 2.41. The maximum Gasteiger partial charge on any atom is 0.330 e. The minimum atomic E-state index is -1.75. The maximum atomic E-state index is 11.7. The van der Waals surface area contributed by atoms with Crippen LogP contribution in [0.3, 0.4) is 0 Å². The van der Waals surface area contributed by atoms with Crippen molar-refractivity contribution in [2.45, 2.75) is 144 Å². The number of aliphatic hydroxyl groups is 11. The largest absolute Gasteiger partial charge is 0.465 e. The van der Waals surface area contributed by atoms with E-state index < -0.39 is 144 Å². The molecule has 16 atom stereocenters. The summed E-state index contributed by atoms with van der Waals surface area (Å²) < 4.78 is 31.5. The van der Waals surface area contributed by atoms with Gasteiger partial charge in [-0.05, 0) is 53.3 Å². The quantitative estimate of drug-likeness (QED) is 0.0658. The van der Waals surface area contributed by atoms with E-state index in [1.54, 1.807) is 6.92 Å². The van der Waals surface area contributed by atoms with Crippen molar-refractivity contribution in [1.82, 2.24) is 38.2 Å². The number of rotatable bonds is 10. The molecule has 0 spiro atoms. The highest BCUT2D eigenvalue weighted by Gasteiger charge is 2.56. The molecule has 4 aliphatic heterocycles. The Hall–Kier alpha value is -5.46. The van der Waals surface area contributed by atoms with Crippen molar-refractivity contribution in [2.75, 3.05) is 26.4 Å². The van der Waals surface area contributed by atoms with Crippen LogP contribution in [0.25, 0.3) is 0 Å². The Morgan fingerprint density at radius 1 is 0.541 bits per heavy atom. The van der Waals surface area contributed by atoms with Crippen LogP contribution in [0.1, 0.15) is 72.9 Å². The number of nitrogens with one attached hydrogen (secondary N) is 3. The van der Waals surface area contributed by atoms with Crippen molar-refractivity contribution in [2.24, 2.45) is 0 Å². The first-order chi connectivity index (χ1) is 34.5. The van der Waals surface area contributed by atoms with Crippen LogP contribution in [-0.2, 0) is 18.9 Å². The van der Waals surface area contributed by atoms with E-state index in [4.69, 9.17) is 51.2 Å². The van der Waals surface area contributed by atoms with Gasteiger partial charge in [-0.3, -0.25) is 52.4 Å². The van der Waals surface area contributed by atoms with E-state index in [1.165, 1.54) is 67.6 Å². The fraction of sp³-hybridized carbons (Fsp3) is 0.628. The Morgan fingerprint density at radius 3 is 1.19 bits per heavy atom. The number of aromatic nitrogens is 8. The van der Waals surface area contributed by atoms with Gasteiger partial charge in [-0.25, -0.2) is 9.59 Å². The van der Waals surface area contributed by atoms with Crippen LogP contribution >= 0.6 is 12.2 Å². The first-order valence-electron chi connectivity index (χ1n) is 22.8. The summed E-state index contributed by atoms with van der Waals surface area (Å²) >= 11 is 4.96. The molecule has 0 radical (unpaired) electrons. The van der Waals surface area contributed by atoms with Crippen LogP contribution in [0.15, 0.2) is 77.8 Å². The molecule has 412 valence electrons. The van der Waals surface area contributed by atoms with Gasteiger partial charge in [-0.2, -0.15) is 4.98 Å². The van der Waals surface area contributed by atoms with Crippen LogP contribution in [0, 0.1) is 4.77 Å². The molecule has 31 heteroatoms. The van der Waals surface area contributed by atoms with Crippen LogP contribution in [0.5, 0.6) is 6.01 Å². The first kappa shape index (κ1) is 59.4. The van der Waals surface area contributed by atoms with Gasteiger partial charge in [0.05, 0.1) is 32.5 Å². The molecule has 8 heterocycles. The predicted molar refractivity (Wildman–Crippen MR) is 252 cm³/mol. The first-order valence-corrected chi connectivity index (χ1v) is 23.2. The lowest BCUT2D eigenvalue weighted by atomic mass is 9.95. The van der Waals surface area contributed by atoms with Crippen molar-refractivity contribution in [3.8, 4) is 6.01 Å². The number of ether oxygens (including phenoxy) is 5. The van der Waals surface area contributed by atoms with Gasteiger partial charge in [-0.15, -0.1) is 0 Å². The van der Waals surface area contributed by atoms with Crippen molar-refractivity contribution < 1.29 is 79.9 Å². The topological polar surface area (TPSA) is 451 Å². The number of hydrogen-bond donors (Lipinski definition) is 14. The molecule has 30 nitrogen and oxygen atoms in total. The number of hydrogen-bond acceptors (Lipinski definition) is 24. The molecule has 4 unspecified atom stereocenters. The SMILES string of the molecule is CC1(O)[C@@H](O)[C@@H](CO)O[C@H]1n1ccc(=O)[nH]c1=O.CC1(O)[C@@H](O)[C@@H](CO)O[C@H]1n1ccc(=O)[nH]c1=S.CCOc1nc(=O)ccn1[C@@H]1O[C@H](CO)[C@H](O)C1(C)O.CC[C@H]1O[C@@H](n2ccc(=O)[nH]c2=O)C(C)(O)[C@H]1O. The molecule has 4 fully saturated rings. The van der Waals surface area contributed by atoms with Crippen LogP contribution in [0.4, 0.5) is 0 Å². The van der Waals surface area contributed by atoms with Gasteiger partial charge in [0.1, 0.15) is 65.1 Å². The number of aromatic amines is 3. The molecule has 0 aromatic carbocycles. The molecule has 0 bridgehead atoms. The zero-order chi connectivity index (χ0) is 55.4. The third-order valence-electron chi connectivity index (χ3n) is 12.6. The van der Waals surface area contributed by atoms with Crippen LogP contribution in [0.2, 0.25) is 0 Å². The average molecular weight is 1080 g/mol. The molecule has 4 aromatic rings. The molecule has 74 heavy (non-hydrogen) atoms. The highest BCUT2D eigenvalue weighted by atomic mass is 32.1. The Balaban J connectivity index is 0.000000183. The highest BCUT2D eigenvalue weighted by molar-refractivity contribution is 7.71. The van der Waals surface area contributed by atoms with Gasteiger partial charge >= 0.3 is 17.4 Å². The minimum Gasteiger partial charge on any atom is -0.465 e. The summed E-state index contributed by atoms with van der Waals surface area (Å²) in [6, 6.07) is 4.66. The second kappa shape index (κ2) is 23.6. The number of H-pyrrole nitrogens is 3. The summed E-state index contributed by atoms with van der Waals surface area (Å²) in [5.74, 6) is 0. The van der Waals surface area contributed by atoms with Gasteiger partial charge in [0.15, 0.2) is 29.7 Å². The molecular formula is C43H62N8O22S. The third kappa shape index (κ3) is 12.1. The van der Waals surface area contributed by atoms with Crippen molar-refractivity contribution in [3.05, 3.63) is 116 Å². The molecule has 8 rings (SSSR count). The molecule has 4 aliphatic rings. The van der Waals surface area contributed by atoms with Gasteiger partial charge in [-0.1, -0.05) is 6.92 Å². The van der Waals surface area contributed by atoms with Crippen molar-refractivity contribution in [3.63, 3.8) is 0 Å². The summed E-state index contributed by atoms with van der Waals surface area (Å²) in [7, 11) is 0. The molecule has 0 amide bonds. The summed E-state index contributed by atoms with van der Waals surface area (Å²) in [5, 5.41) is 108. The van der Waals surface area contributed by atoms with Gasteiger partial charge < -0.3 is 79.9 Å². The molecule has 4 aromatic heterocycles. The number of aliphatic hydroxyl groups excluding tert-OH is 7. The lowest BCUT2D eigenvalue weighted by molar-refractivity contribution is -0.100. The average Bonchev–Trinajstić information content (AvgIpc) is 3.90. The summed E-state index contributed by atoms with van der Waals surface area (Å²) in [6.45, 7) is 7.89. The summed E-state index contributed by atoms with van der Waals surface area (Å²) in [6.07, 6.45) is -6.91. The monoisotopic (exact) mass is 1070 g/mol. The van der Waals surface area contributed by atoms with E-state index in [0.29, 0.717) is 6.42 Å². The lowest BCUT2D eigenvalue weighted by Crippen LogP contribution is -2.46. The molecule has 4 saturated heterocycles. The van der Waals surface area contributed by atoms with E-state index in [1.807, 2.05) is 11.9 Å². The summed E-state index contributed by atoms with van der Waals surface area (Å²) in [5.41, 5.74) is -10.0. The van der Waals surface area contributed by atoms with Gasteiger partial charge in [0.2, 0.25) is 0 Å². The smallest absolute Gasteiger partial charge is 0.330 e. The van der Waals surface area contributed by atoms with Crippen LogP contribution < -0.4 is 38.4 Å². The molecule has 0 aliphatic carbocycles. The van der Waals surface area contributed by atoms with Crippen molar-refractivity contribution in [1.29, 1.82) is 0 Å². The standard InChI is InChI=1S/C12H18N2O6.C11H16N2O5.C10H14N2O6.C10H14N2O5S/c1-3-19-11-13-8(16)4-5-14(11)10-12(2,18)9(17)7(6-15)20-10;1-3-6-8(15)11(2,17)9(18-6)13-5-4-7(14)12-10(13)16;1-10(17)7(15)5(4-13)18-8(10)12-3-2-6(14)11-9(12)16;1-10(16)7(15)5(4-13)17-8(10)12-3-2-6(14)11-9(12)18/h4-5,7,9-10,15,17-18H,3,6H2,1-2H3;4-6,8-9,15,17H,3H2,1-2H3,(H,12,14,16);2-3,5,7-8,13,15,17H,4H2,1H3,(H,11,14,16);2-3,5,7-8,13,15-16H,4H2,1H3,(H,11,14,18)/t7-,9+,10-,12?;6-,8+,9-,11?;2*5-,7+,8-,10?/m1111/s1. The third-order valence-corrected chi connectivity index (χ3v) is 12.9. The second-order valence-electron chi connectivity index (χ2n) is 18.2. The Morgan fingerprint density at radius 2 is 0.865 bits per heavy atom. The Kier molecular flexibility index (Phi) is 19.0. The molecular weight excluding hydrogens is 1010 g/mol. The van der Waals surface area contributed by atoms with Gasteiger partial charge in [0.25, 0.3) is 22.2 Å².